The highest BCUT2D eigenvalue weighted by molar-refractivity contribution is 6.06. The van der Waals surface area contributed by atoms with Crippen molar-refractivity contribution in [2.75, 3.05) is 25.6 Å². The Hall–Kier alpha value is -3.54. The molecule has 0 spiro atoms. The molecule has 0 bridgehead atoms. The number of carbonyl (C=O) groups excluding carboxylic acids is 1. The number of benzene rings is 3. The maximum Gasteiger partial charge on any atom is 0.343 e. The second kappa shape index (κ2) is 8.00. The van der Waals surface area contributed by atoms with Crippen molar-refractivity contribution < 1.29 is 24.2 Å². The number of carboxylic acids is 1. The Bertz CT molecular complexity index is 1030. The molecule has 3 aromatic rings. The summed E-state index contributed by atoms with van der Waals surface area (Å²) >= 11 is 0. The summed E-state index contributed by atoms with van der Waals surface area (Å²) in [5.74, 6) is -0.892. The SMILES string of the molecule is CCOc1ccc2cc(OC(=O)c3ccc(N(C)C)cc3)ccc2c1C(=O)O. The predicted octanol–water partition coefficient (Wildman–Crippen LogP) is 4.22. The molecule has 3 rings (SSSR count). The van der Waals surface area contributed by atoms with Crippen LogP contribution in [0.1, 0.15) is 27.6 Å². The van der Waals surface area contributed by atoms with Gasteiger partial charge in [0.15, 0.2) is 0 Å². The number of rotatable bonds is 6. The number of hydrogen-bond acceptors (Lipinski definition) is 5. The topological polar surface area (TPSA) is 76.1 Å². The third-order valence-electron chi connectivity index (χ3n) is 4.30. The van der Waals surface area contributed by atoms with Crippen molar-refractivity contribution in [2.45, 2.75) is 6.92 Å². The van der Waals surface area contributed by atoms with Gasteiger partial charge in [-0.3, -0.25) is 0 Å². The molecule has 144 valence electrons. The van der Waals surface area contributed by atoms with Gasteiger partial charge in [-0.2, -0.15) is 0 Å². The third kappa shape index (κ3) is 3.91. The molecule has 0 aliphatic carbocycles. The molecule has 6 nitrogen and oxygen atoms in total. The molecule has 0 saturated carbocycles. The van der Waals surface area contributed by atoms with Gasteiger partial charge in [0.05, 0.1) is 12.2 Å². The summed E-state index contributed by atoms with van der Waals surface area (Å²) in [5, 5.41) is 10.7. The zero-order valence-electron chi connectivity index (χ0n) is 15.9. The first-order valence-electron chi connectivity index (χ1n) is 8.83. The number of nitrogens with zero attached hydrogens (tertiary/aromatic N) is 1. The summed E-state index contributed by atoms with van der Waals surface area (Å²) in [6.45, 7) is 2.16. The van der Waals surface area contributed by atoms with Gasteiger partial charge in [-0.15, -0.1) is 0 Å². The molecular formula is C22H21NO5. The number of esters is 1. The lowest BCUT2D eigenvalue weighted by Gasteiger charge is -2.13. The summed E-state index contributed by atoms with van der Waals surface area (Å²) in [6.07, 6.45) is 0. The van der Waals surface area contributed by atoms with Crippen LogP contribution in [0.5, 0.6) is 11.5 Å². The van der Waals surface area contributed by atoms with Crippen molar-refractivity contribution in [3.05, 3.63) is 65.7 Å². The van der Waals surface area contributed by atoms with Gasteiger partial charge in [0, 0.05) is 25.2 Å². The fourth-order valence-electron chi connectivity index (χ4n) is 2.91. The number of aromatic carboxylic acids is 1. The smallest absolute Gasteiger partial charge is 0.343 e. The second-order valence-corrected chi connectivity index (χ2v) is 6.39. The van der Waals surface area contributed by atoms with E-state index in [9.17, 15) is 14.7 Å². The van der Waals surface area contributed by atoms with E-state index in [1.807, 2.05) is 31.1 Å². The monoisotopic (exact) mass is 379 g/mol. The summed E-state index contributed by atoms with van der Waals surface area (Å²) in [4.78, 5) is 26.0. The number of fused-ring (bicyclic) bond motifs is 1. The highest BCUT2D eigenvalue weighted by atomic mass is 16.5. The molecule has 0 aliphatic heterocycles. The highest BCUT2D eigenvalue weighted by Gasteiger charge is 2.17. The largest absolute Gasteiger partial charge is 0.493 e. The van der Waals surface area contributed by atoms with Crippen molar-refractivity contribution >= 4 is 28.4 Å². The lowest BCUT2D eigenvalue weighted by Crippen LogP contribution is -2.11. The van der Waals surface area contributed by atoms with Gasteiger partial charge >= 0.3 is 11.9 Å². The van der Waals surface area contributed by atoms with Crippen LogP contribution in [0.3, 0.4) is 0 Å². The molecule has 0 radical (unpaired) electrons. The van der Waals surface area contributed by atoms with E-state index in [1.165, 1.54) is 0 Å². The number of anilines is 1. The van der Waals surface area contributed by atoms with Gasteiger partial charge in [-0.25, -0.2) is 9.59 Å². The molecule has 0 aromatic heterocycles. The minimum absolute atomic E-state index is 0.0940. The molecule has 0 unspecified atom stereocenters. The number of ether oxygens (including phenoxy) is 2. The minimum Gasteiger partial charge on any atom is -0.493 e. The van der Waals surface area contributed by atoms with Crippen molar-refractivity contribution in [1.29, 1.82) is 0 Å². The normalized spacial score (nSPS) is 10.5. The molecule has 1 N–H and O–H groups in total. The summed E-state index contributed by atoms with van der Waals surface area (Å²) in [7, 11) is 3.84. The van der Waals surface area contributed by atoms with E-state index in [-0.39, 0.29) is 5.56 Å². The number of hydrogen-bond donors (Lipinski definition) is 1. The highest BCUT2D eigenvalue weighted by Crippen LogP contribution is 2.31. The zero-order chi connectivity index (χ0) is 20.3. The summed E-state index contributed by atoms with van der Waals surface area (Å²) in [6, 6.07) is 15.3. The van der Waals surface area contributed by atoms with E-state index >= 15 is 0 Å². The van der Waals surface area contributed by atoms with Crippen LogP contribution in [-0.2, 0) is 0 Å². The second-order valence-electron chi connectivity index (χ2n) is 6.39. The first-order valence-corrected chi connectivity index (χ1v) is 8.83. The van der Waals surface area contributed by atoms with E-state index in [1.54, 1.807) is 49.4 Å². The van der Waals surface area contributed by atoms with Crippen molar-refractivity contribution in [3.63, 3.8) is 0 Å². The molecule has 0 aliphatic rings. The van der Waals surface area contributed by atoms with Crippen LogP contribution in [0.15, 0.2) is 54.6 Å². The van der Waals surface area contributed by atoms with Gasteiger partial charge < -0.3 is 19.5 Å². The van der Waals surface area contributed by atoms with Crippen LogP contribution in [0.4, 0.5) is 5.69 Å². The Kier molecular flexibility index (Phi) is 5.49. The van der Waals surface area contributed by atoms with Gasteiger partial charge in [-0.05, 0) is 60.8 Å². The third-order valence-corrected chi connectivity index (χ3v) is 4.30. The van der Waals surface area contributed by atoms with Gasteiger partial charge in [0.1, 0.15) is 17.1 Å². The maximum atomic E-state index is 12.4. The van der Waals surface area contributed by atoms with E-state index in [0.29, 0.717) is 34.4 Å². The lowest BCUT2D eigenvalue weighted by atomic mass is 10.0. The van der Waals surface area contributed by atoms with E-state index < -0.39 is 11.9 Å². The molecular weight excluding hydrogens is 358 g/mol. The Morgan fingerprint density at radius 2 is 1.71 bits per heavy atom. The lowest BCUT2D eigenvalue weighted by molar-refractivity contribution is 0.0692. The average molecular weight is 379 g/mol. The predicted molar refractivity (Wildman–Crippen MR) is 108 cm³/mol. The van der Waals surface area contributed by atoms with Crippen LogP contribution in [0, 0.1) is 0 Å². The van der Waals surface area contributed by atoms with Crippen LogP contribution in [0.25, 0.3) is 10.8 Å². The van der Waals surface area contributed by atoms with Gasteiger partial charge in [0.25, 0.3) is 0 Å². The molecule has 0 heterocycles. The van der Waals surface area contributed by atoms with Crippen LogP contribution in [0.2, 0.25) is 0 Å². The number of carboxylic acid groups (broad SMARTS) is 1. The van der Waals surface area contributed by atoms with Gasteiger partial charge in [-0.1, -0.05) is 6.07 Å². The van der Waals surface area contributed by atoms with Crippen LogP contribution >= 0.6 is 0 Å². The number of carbonyl (C=O) groups is 2. The molecule has 3 aromatic carbocycles. The first-order chi connectivity index (χ1) is 13.4. The fourth-order valence-corrected chi connectivity index (χ4v) is 2.91. The Labute approximate surface area is 162 Å². The molecule has 0 amide bonds. The Balaban J connectivity index is 1.89. The van der Waals surface area contributed by atoms with Gasteiger partial charge in [0.2, 0.25) is 0 Å². The Morgan fingerprint density at radius 1 is 1.00 bits per heavy atom. The summed E-state index contributed by atoms with van der Waals surface area (Å²) in [5.41, 5.74) is 1.51. The molecule has 0 atom stereocenters. The van der Waals surface area contributed by atoms with Crippen LogP contribution in [-0.4, -0.2) is 37.7 Å². The standard InChI is InChI=1S/C22H21NO5/c1-4-27-19-12-7-15-13-17(10-11-18(15)20(19)21(24)25)28-22(26)14-5-8-16(9-6-14)23(2)3/h5-13H,4H2,1-3H3,(H,24,25). The summed E-state index contributed by atoms with van der Waals surface area (Å²) < 4.78 is 10.9. The fraction of sp³-hybridized carbons (Fsp3) is 0.182. The quantitative estimate of drug-likeness (QED) is 0.510. The first kappa shape index (κ1) is 19.2. The maximum absolute atomic E-state index is 12.4. The van der Waals surface area contributed by atoms with E-state index in [2.05, 4.69) is 0 Å². The van der Waals surface area contributed by atoms with Crippen molar-refractivity contribution in [2.24, 2.45) is 0 Å². The van der Waals surface area contributed by atoms with Crippen LogP contribution < -0.4 is 14.4 Å². The molecule has 0 fully saturated rings. The minimum atomic E-state index is -1.07. The molecule has 28 heavy (non-hydrogen) atoms. The molecule has 0 saturated heterocycles. The zero-order valence-corrected chi connectivity index (χ0v) is 15.9. The molecule has 6 heteroatoms. The van der Waals surface area contributed by atoms with E-state index in [0.717, 1.165) is 5.69 Å². The van der Waals surface area contributed by atoms with E-state index in [4.69, 9.17) is 9.47 Å². The average Bonchev–Trinajstić information content (AvgIpc) is 2.67. The Morgan fingerprint density at radius 3 is 2.32 bits per heavy atom. The van der Waals surface area contributed by atoms with Crippen molar-refractivity contribution in [3.8, 4) is 11.5 Å². The van der Waals surface area contributed by atoms with Crippen molar-refractivity contribution in [1.82, 2.24) is 0 Å².